The van der Waals surface area contributed by atoms with Gasteiger partial charge in [0, 0.05) is 11.6 Å². The van der Waals surface area contributed by atoms with E-state index in [9.17, 15) is 0 Å². The van der Waals surface area contributed by atoms with Crippen molar-refractivity contribution in [3.8, 4) is 0 Å². The molecule has 2 aliphatic carbocycles. The number of likely N-dealkylation sites (N-methyl/N-ethyl adjacent to an activating group) is 1. The normalized spacial score (nSPS) is 58.0. The van der Waals surface area contributed by atoms with Gasteiger partial charge in [0.2, 0.25) is 0 Å². The third-order valence-electron chi connectivity index (χ3n) is 4.15. The van der Waals surface area contributed by atoms with Crippen molar-refractivity contribution in [2.45, 2.75) is 38.3 Å². The van der Waals surface area contributed by atoms with E-state index in [0.29, 0.717) is 6.04 Å². The minimum Gasteiger partial charge on any atom is -0.323 e. The van der Waals surface area contributed by atoms with Gasteiger partial charge in [0.15, 0.2) is 0 Å². The fourth-order valence-corrected chi connectivity index (χ4v) is 3.04. The van der Waals surface area contributed by atoms with Gasteiger partial charge in [0.1, 0.15) is 0 Å². The lowest BCUT2D eigenvalue weighted by Crippen LogP contribution is -2.37. The Morgan fingerprint density at radius 3 is 2.50 bits per heavy atom. The highest BCUT2D eigenvalue weighted by Gasteiger charge is 2.63. The monoisotopic (exact) mass is 168 g/mol. The Bertz CT molecular complexity index is 192. The number of fused-ring (bicyclic) bond motifs is 1. The molecule has 2 nitrogen and oxygen atoms in total. The van der Waals surface area contributed by atoms with Crippen molar-refractivity contribution in [3.05, 3.63) is 0 Å². The summed E-state index contributed by atoms with van der Waals surface area (Å²) >= 11 is 0. The van der Waals surface area contributed by atoms with Crippen molar-refractivity contribution < 1.29 is 0 Å². The van der Waals surface area contributed by atoms with Crippen molar-refractivity contribution in [3.63, 3.8) is 0 Å². The summed E-state index contributed by atoms with van der Waals surface area (Å²) in [5.41, 5.74) is 6.45. The standard InChI is InChI=1S/C10H20N2/c1-6-4-8-9(12-3)10(8,11)5-7(6)2/h6-9,12H,4-5,11H2,1-3H3. The second-order valence-electron chi connectivity index (χ2n) is 4.88. The zero-order valence-corrected chi connectivity index (χ0v) is 8.30. The summed E-state index contributed by atoms with van der Waals surface area (Å²) in [5, 5.41) is 3.34. The van der Waals surface area contributed by atoms with Gasteiger partial charge < -0.3 is 11.1 Å². The Balaban J connectivity index is 2.07. The van der Waals surface area contributed by atoms with E-state index >= 15 is 0 Å². The summed E-state index contributed by atoms with van der Waals surface area (Å²) in [7, 11) is 2.03. The Labute approximate surface area is 74.9 Å². The summed E-state index contributed by atoms with van der Waals surface area (Å²) in [6.07, 6.45) is 2.54. The molecule has 2 heteroatoms. The molecule has 2 rings (SSSR count). The van der Waals surface area contributed by atoms with Gasteiger partial charge in [-0.2, -0.15) is 0 Å². The second-order valence-corrected chi connectivity index (χ2v) is 4.88. The summed E-state index contributed by atoms with van der Waals surface area (Å²) in [4.78, 5) is 0. The van der Waals surface area contributed by atoms with Crippen molar-refractivity contribution in [1.82, 2.24) is 5.32 Å². The van der Waals surface area contributed by atoms with Crippen molar-refractivity contribution in [1.29, 1.82) is 0 Å². The van der Waals surface area contributed by atoms with Crippen LogP contribution in [0.5, 0.6) is 0 Å². The molecule has 0 aliphatic heterocycles. The van der Waals surface area contributed by atoms with Crippen LogP contribution in [0.4, 0.5) is 0 Å². The van der Waals surface area contributed by atoms with Gasteiger partial charge in [-0.1, -0.05) is 13.8 Å². The van der Waals surface area contributed by atoms with Gasteiger partial charge in [-0.25, -0.2) is 0 Å². The van der Waals surface area contributed by atoms with Crippen molar-refractivity contribution in [2.75, 3.05) is 7.05 Å². The SMILES string of the molecule is CNC1C2CC(C)C(C)CC21N. The number of hydrogen-bond acceptors (Lipinski definition) is 2. The molecule has 0 saturated heterocycles. The fraction of sp³-hybridized carbons (Fsp3) is 1.00. The lowest BCUT2D eigenvalue weighted by Gasteiger charge is -2.29. The molecule has 0 aromatic carbocycles. The highest BCUT2D eigenvalue weighted by atomic mass is 15.1. The van der Waals surface area contributed by atoms with Crippen LogP contribution in [0.3, 0.4) is 0 Å². The molecule has 2 fully saturated rings. The molecule has 0 aromatic rings. The zero-order chi connectivity index (χ0) is 8.93. The van der Waals surface area contributed by atoms with Crippen LogP contribution in [0.15, 0.2) is 0 Å². The minimum absolute atomic E-state index is 0.153. The molecule has 0 aromatic heterocycles. The maximum absolute atomic E-state index is 6.30. The van der Waals surface area contributed by atoms with Crippen molar-refractivity contribution >= 4 is 0 Å². The molecular formula is C10H20N2. The molecule has 0 bridgehead atoms. The van der Waals surface area contributed by atoms with Crippen LogP contribution in [0.1, 0.15) is 26.7 Å². The van der Waals surface area contributed by atoms with Gasteiger partial charge in [-0.3, -0.25) is 0 Å². The topological polar surface area (TPSA) is 38.0 Å². The number of hydrogen-bond donors (Lipinski definition) is 2. The summed E-state index contributed by atoms with van der Waals surface area (Å²) in [6, 6.07) is 0.602. The van der Waals surface area contributed by atoms with Crippen LogP contribution in [0.2, 0.25) is 0 Å². The van der Waals surface area contributed by atoms with Gasteiger partial charge >= 0.3 is 0 Å². The first-order chi connectivity index (χ1) is 5.59. The average molecular weight is 168 g/mol. The average Bonchev–Trinajstić information content (AvgIpc) is 2.55. The molecule has 5 unspecified atom stereocenters. The zero-order valence-electron chi connectivity index (χ0n) is 8.30. The van der Waals surface area contributed by atoms with Crippen LogP contribution in [-0.4, -0.2) is 18.6 Å². The van der Waals surface area contributed by atoms with Crippen LogP contribution >= 0.6 is 0 Å². The lowest BCUT2D eigenvalue weighted by molar-refractivity contribution is 0.244. The fourth-order valence-electron chi connectivity index (χ4n) is 3.04. The smallest absolute Gasteiger partial charge is 0.0360 e. The predicted molar refractivity (Wildman–Crippen MR) is 50.8 cm³/mol. The van der Waals surface area contributed by atoms with Crippen LogP contribution in [0, 0.1) is 17.8 Å². The molecule has 0 spiro atoms. The minimum atomic E-state index is 0.153. The molecule has 5 atom stereocenters. The second kappa shape index (κ2) is 2.46. The maximum atomic E-state index is 6.30. The molecule has 70 valence electrons. The van der Waals surface area contributed by atoms with E-state index in [0.717, 1.165) is 17.8 Å². The van der Waals surface area contributed by atoms with Gasteiger partial charge in [-0.05, 0) is 37.6 Å². The quantitative estimate of drug-likeness (QED) is 0.612. The molecule has 2 aliphatic rings. The third kappa shape index (κ3) is 0.944. The van der Waals surface area contributed by atoms with Crippen LogP contribution < -0.4 is 11.1 Å². The van der Waals surface area contributed by atoms with Crippen LogP contribution in [0.25, 0.3) is 0 Å². The molecule has 0 radical (unpaired) electrons. The lowest BCUT2D eigenvalue weighted by atomic mass is 9.79. The Kier molecular flexibility index (Phi) is 1.74. The van der Waals surface area contributed by atoms with E-state index in [1.165, 1.54) is 12.8 Å². The molecular weight excluding hydrogens is 148 g/mol. The molecule has 3 N–H and O–H groups in total. The van der Waals surface area contributed by atoms with Gasteiger partial charge in [-0.15, -0.1) is 0 Å². The Morgan fingerprint density at radius 2 is 2.00 bits per heavy atom. The highest BCUT2D eigenvalue weighted by Crippen LogP contribution is 2.54. The largest absolute Gasteiger partial charge is 0.323 e. The summed E-state index contributed by atoms with van der Waals surface area (Å²) in [6.45, 7) is 4.69. The van der Waals surface area contributed by atoms with E-state index in [4.69, 9.17) is 5.73 Å². The molecule has 2 saturated carbocycles. The van der Waals surface area contributed by atoms with Gasteiger partial charge in [0.25, 0.3) is 0 Å². The van der Waals surface area contributed by atoms with E-state index in [1.807, 2.05) is 7.05 Å². The van der Waals surface area contributed by atoms with E-state index in [-0.39, 0.29) is 5.54 Å². The number of nitrogens with one attached hydrogen (secondary N) is 1. The number of rotatable bonds is 1. The molecule has 0 amide bonds. The highest BCUT2D eigenvalue weighted by molar-refractivity contribution is 5.23. The Hall–Kier alpha value is -0.0800. The first-order valence-corrected chi connectivity index (χ1v) is 5.05. The Morgan fingerprint density at radius 1 is 1.33 bits per heavy atom. The predicted octanol–water partition coefficient (Wildman–Crippen LogP) is 0.968. The third-order valence-corrected chi connectivity index (χ3v) is 4.15. The summed E-state index contributed by atoms with van der Waals surface area (Å²) in [5.74, 6) is 2.43. The first kappa shape index (κ1) is 8.52. The van der Waals surface area contributed by atoms with E-state index < -0.39 is 0 Å². The summed E-state index contributed by atoms with van der Waals surface area (Å²) < 4.78 is 0. The first-order valence-electron chi connectivity index (χ1n) is 5.05. The molecule has 12 heavy (non-hydrogen) atoms. The van der Waals surface area contributed by atoms with E-state index in [2.05, 4.69) is 19.2 Å². The van der Waals surface area contributed by atoms with E-state index in [1.54, 1.807) is 0 Å². The molecule has 0 heterocycles. The van der Waals surface area contributed by atoms with Crippen LogP contribution in [-0.2, 0) is 0 Å². The maximum Gasteiger partial charge on any atom is 0.0360 e. The van der Waals surface area contributed by atoms with Gasteiger partial charge in [0.05, 0.1) is 0 Å². The van der Waals surface area contributed by atoms with Crippen molar-refractivity contribution in [2.24, 2.45) is 23.5 Å². The number of nitrogens with two attached hydrogens (primary N) is 1.